The van der Waals surface area contributed by atoms with E-state index in [2.05, 4.69) is 13.8 Å². The second-order valence-electron chi connectivity index (χ2n) is 9.51. The monoisotopic (exact) mass is 377 g/mol. The van der Waals surface area contributed by atoms with Crippen molar-refractivity contribution in [1.82, 2.24) is 0 Å². The predicted molar refractivity (Wildman–Crippen MR) is 104 cm³/mol. The van der Waals surface area contributed by atoms with E-state index in [-0.39, 0.29) is 24.0 Å². The number of allylic oxidation sites excluding steroid dienone is 1. The first-order valence-corrected chi connectivity index (χ1v) is 10.5. The average molecular weight is 378 g/mol. The van der Waals surface area contributed by atoms with E-state index in [0.29, 0.717) is 29.3 Å². The molecule has 152 valence electrons. The number of hydrogen-bond acceptors (Lipinski definition) is 5. The van der Waals surface area contributed by atoms with Crippen LogP contribution in [0.5, 0.6) is 0 Å². The molecule has 4 N–H and O–H groups in total. The van der Waals surface area contributed by atoms with Gasteiger partial charge in [0.2, 0.25) is 0 Å². The first-order chi connectivity index (χ1) is 12.8. The van der Waals surface area contributed by atoms with Crippen LogP contribution in [0.4, 0.5) is 0 Å². The van der Waals surface area contributed by atoms with Crippen molar-refractivity contribution in [2.24, 2.45) is 34.3 Å². The van der Waals surface area contributed by atoms with E-state index < -0.39 is 6.04 Å². The fourth-order valence-corrected chi connectivity index (χ4v) is 6.39. The van der Waals surface area contributed by atoms with E-state index in [4.69, 9.17) is 15.9 Å². The van der Waals surface area contributed by atoms with Gasteiger partial charge in [-0.1, -0.05) is 19.4 Å². The van der Waals surface area contributed by atoms with Crippen molar-refractivity contribution in [3.63, 3.8) is 0 Å². The van der Waals surface area contributed by atoms with E-state index in [0.717, 1.165) is 38.5 Å². The largest absolute Gasteiger partial charge is 0.395 e. The Hall–Kier alpha value is -1.04. The van der Waals surface area contributed by atoms with Crippen LogP contribution in [-0.4, -0.2) is 41.0 Å². The van der Waals surface area contributed by atoms with Crippen LogP contribution >= 0.6 is 0 Å². The lowest BCUT2D eigenvalue weighted by Gasteiger charge is -2.56. The number of aliphatic hydroxyl groups is 2. The van der Waals surface area contributed by atoms with Crippen molar-refractivity contribution in [2.45, 2.75) is 71.3 Å². The molecular formula is C22H35NO4. The fourth-order valence-electron chi connectivity index (χ4n) is 6.39. The van der Waals surface area contributed by atoms with Crippen LogP contribution < -0.4 is 5.73 Å². The molecule has 5 heteroatoms. The van der Waals surface area contributed by atoms with Gasteiger partial charge in [-0.3, -0.25) is 9.59 Å². The smallest absolute Gasteiger partial charge is 0.155 e. The summed E-state index contributed by atoms with van der Waals surface area (Å²) >= 11 is 0. The van der Waals surface area contributed by atoms with Gasteiger partial charge in [0.15, 0.2) is 5.78 Å². The van der Waals surface area contributed by atoms with Crippen molar-refractivity contribution in [3.8, 4) is 0 Å². The van der Waals surface area contributed by atoms with Crippen LogP contribution in [-0.2, 0) is 9.59 Å². The van der Waals surface area contributed by atoms with Gasteiger partial charge in [-0.05, 0) is 67.8 Å². The summed E-state index contributed by atoms with van der Waals surface area (Å²) in [7, 11) is 0. The Morgan fingerprint density at radius 1 is 1.00 bits per heavy atom. The van der Waals surface area contributed by atoms with E-state index in [1.54, 1.807) is 0 Å². The minimum atomic E-state index is -0.454. The third kappa shape index (κ3) is 3.54. The number of ketones is 2. The van der Waals surface area contributed by atoms with Gasteiger partial charge >= 0.3 is 0 Å². The van der Waals surface area contributed by atoms with Gasteiger partial charge in [-0.15, -0.1) is 0 Å². The van der Waals surface area contributed by atoms with Crippen LogP contribution in [0.2, 0.25) is 0 Å². The van der Waals surface area contributed by atoms with Gasteiger partial charge in [-0.2, -0.15) is 0 Å². The highest BCUT2D eigenvalue weighted by atomic mass is 16.3. The molecule has 0 aliphatic heterocycles. The molecule has 4 rings (SSSR count). The molecule has 0 saturated heterocycles. The Morgan fingerprint density at radius 2 is 1.67 bits per heavy atom. The predicted octanol–water partition coefficient (Wildman–Crippen LogP) is 2.39. The normalized spacial score (nSPS) is 40.5. The van der Waals surface area contributed by atoms with Crippen molar-refractivity contribution in [2.75, 3.05) is 13.2 Å². The zero-order valence-corrected chi connectivity index (χ0v) is 16.7. The number of carbonyl (C=O) groups excluding carboxylic acids is 2. The van der Waals surface area contributed by atoms with Crippen LogP contribution in [0.1, 0.15) is 65.2 Å². The quantitative estimate of drug-likeness (QED) is 0.686. The number of fused-ring (bicyclic) bond motifs is 5. The summed E-state index contributed by atoms with van der Waals surface area (Å²) in [6.45, 7) is 4.36. The maximum atomic E-state index is 12.4. The van der Waals surface area contributed by atoms with Crippen LogP contribution in [0.3, 0.4) is 0 Å². The summed E-state index contributed by atoms with van der Waals surface area (Å²) in [5, 5.41) is 16.1. The van der Waals surface area contributed by atoms with Crippen LogP contribution in [0.25, 0.3) is 0 Å². The number of hydrogen-bond donors (Lipinski definition) is 3. The van der Waals surface area contributed by atoms with Crippen LogP contribution in [0, 0.1) is 28.6 Å². The lowest BCUT2D eigenvalue weighted by atomic mass is 9.47. The molecule has 3 saturated carbocycles. The lowest BCUT2D eigenvalue weighted by Crippen LogP contribution is -2.50. The summed E-state index contributed by atoms with van der Waals surface area (Å²) in [4.78, 5) is 24.1. The Bertz CT molecular complexity index is 626. The Balaban J connectivity index is 0.000000307. The molecule has 4 aliphatic carbocycles. The Morgan fingerprint density at radius 3 is 2.30 bits per heavy atom. The number of rotatable bonds is 2. The summed E-state index contributed by atoms with van der Waals surface area (Å²) < 4.78 is 0. The number of aliphatic hydroxyl groups excluding tert-OH is 2. The standard InChI is InChI=1S/C19H26O2.C3H9NO2/c1-18-9-7-13(20)11-12(18)3-4-14-15-5-6-17(21)19(15,2)10-8-16(14)18;4-3(1-5)2-6/h11,14-16H,3-10H2,1-2H3;3,5-6H,1-2,4H2/t14-,15-,16-,18-,19-;/m0./s1. The second-order valence-corrected chi connectivity index (χ2v) is 9.51. The van der Waals surface area contributed by atoms with Gasteiger partial charge in [0.25, 0.3) is 0 Å². The highest BCUT2D eigenvalue weighted by molar-refractivity contribution is 5.91. The number of nitrogens with two attached hydrogens (primary N) is 1. The minimum absolute atomic E-state index is 0.0246. The maximum Gasteiger partial charge on any atom is 0.155 e. The van der Waals surface area contributed by atoms with Crippen molar-refractivity contribution < 1.29 is 19.8 Å². The highest BCUT2D eigenvalue weighted by Gasteiger charge is 2.58. The van der Waals surface area contributed by atoms with Crippen molar-refractivity contribution in [1.29, 1.82) is 0 Å². The molecule has 0 heterocycles. The molecular weight excluding hydrogens is 342 g/mol. The van der Waals surface area contributed by atoms with Gasteiger partial charge in [0.1, 0.15) is 5.78 Å². The molecule has 3 fully saturated rings. The molecule has 0 bridgehead atoms. The lowest BCUT2D eigenvalue weighted by molar-refractivity contribution is -0.132. The first kappa shape index (κ1) is 20.7. The zero-order chi connectivity index (χ0) is 19.8. The summed E-state index contributed by atoms with van der Waals surface area (Å²) in [6.07, 6.45) is 10.2. The molecule has 0 amide bonds. The molecule has 0 aromatic carbocycles. The average Bonchev–Trinajstić information content (AvgIpc) is 2.97. The first-order valence-electron chi connectivity index (χ1n) is 10.5. The van der Waals surface area contributed by atoms with E-state index >= 15 is 0 Å². The summed E-state index contributed by atoms with van der Waals surface area (Å²) in [5.74, 6) is 2.88. The second kappa shape index (κ2) is 7.76. The van der Waals surface area contributed by atoms with Crippen molar-refractivity contribution in [3.05, 3.63) is 11.6 Å². The molecule has 0 unspecified atom stereocenters. The van der Waals surface area contributed by atoms with E-state index in [9.17, 15) is 9.59 Å². The molecule has 5 nitrogen and oxygen atoms in total. The molecule has 0 aromatic heterocycles. The third-order valence-electron chi connectivity index (χ3n) is 8.14. The third-order valence-corrected chi connectivity index (χ3v) is 8.14. The molecule has 4 aliphatic rings. The van der Waals surface area contributed by atoms with E-state index in [1.165, 1.54) is 18.4 Å². The van der Waals surface area contributed by atoms with Gasteiger partial charge in [-0.25, -0.2) is 0 Å². The fraction of sp³-hybridized carbons (Fsp3) is 0.818. The number of carbonyl (C=O) groups is 2. The maximum absolute atomic E-state index is 12.4. The van der Waals surface area contributed by atoms with Crippen molar-refractivity contribution >= 4 is 11.6 Å². The SMILES string of the molecule is C[C@]12CCC(=O)C=C1CC[C@@H]1[C@@H]2CC[C@]2(C)C(=O)CC[C@@H]12.NC(CO)CO. The molecule has 0 aromatic rings. The Labute approximate surface area is 162 Å². The summed E-state index contributed by atoms with van der Waals surface area (Å²) in [5.41, 5.74) is 6.61. The molecule has 0 spiro atoms. The topological polar surface area (TPSA) is 101 Å². The minimum Gasteiger partial charge on any atom is -0.395 e. The summed E-state index contributed by atoms with van der Waals surface area (Å²) in [6, 6.07) is -0.454. The van der Waals surface area contributed by atoms with Gasteiger partial charge < -0.3 is 15.9 Å². The number of Topliss-reactive ketones (excluding diaryl/α,β-unsaturated/α-hetero) is 1. The molecule has 27 heavy (non-hydrogen) atoms. The molecule has 0 radical (unpaired) electrons. The highest BCUT2D eigenvalue weighted by Crippen LogP contribution is 2.64. The zero-order valence-electron chi connectivity index (χ0n) is 16.7. The van der Waals surface area contributed by atoms with Gasteiger partial charge in [0, 0.05) is 18.3 Å². The van der Waals surface area contributed by atoms with E-state index in [1.807, 2.05) is 6.08 Å². The van der Waals surface area contributed by atoms with Crippen LogP contribution in [0.15, 0.2) is 11.6 Å². The van der Waals surface area contributed by atoms with Gasteiger partial charge in [0.05, 0.1) is 19.3 Å². The molecule has 5 atom stereocenters. The Kier molecular flexibility index (Phi) is 5.95.